The standard InChI is InChI=1S/C15H18N4O2S2/c1-9-6-17-12(21-9)8-22-13-7-18-15(23-13)19-14(20)10-2-4-11(16)5-3-10/h6-7,10,16H,2-5,8H2,1H3,(H,18,19,20). The first kappa shape index (κ1) is 16.2. The molecule has 0 unspecified atom stereocenters. The van der Waals surface area contributed by atoms with E-state index in [0.29, 0.717) is 16.8 Å². The number of oxazole rings is 1. The number of aryl methyl sites for hydroxylation is 1. The molecule has 8 heteroatoms. The number of thioether (sulfide) groups is 1. The first-order valence-electron chi connectivity index (χ1n) is 7.47. The van der Waals surface area contributed by atoms with Crippen LogP contribution in [0.3, 0.4) is 0 Å². The molecule has 0 aliphatic heterocycles. The van der Waals surface area contributed by atoms with Gasteiger partial charge >= 0.3 is 0 Å². The highest BCUT2D eigenvalue weighted by molar-refractivity contribution is 8.00. The minimum atomic E-state index is -0.000558. The van der Waals surface area contributed by atoms with E-state index in [9.17, 15) is 4.79 Å². The van der Waals surface area contributed by atoms with E-state index in [1.165, 1.54) is 11.3 Å². The zero-order valence-electron chi connectivity index (χ0n) is 12.8. The largest absolute Gasteiger partial charge is 0.445 e. The van der Waals surface area contributed by atoms with Crippen molar-refractivity contribution in [1.29, 1.82) is 5.41 Å². The van der Waals surface area contributed by atoms with Crippen LogP contribution in [0.1, 0.15) is 37.3 Å². The van der Waals surface area contributed by atoms with Crippen LogP contribution in [0, 0.1) is 18.3 Å². The molecular formula is C15H18N4O2S2. The van der Waals surface area contributed by atoms with Gasteiger partial charge in [-0.25, -0.2) is 9.97 Å². The number of nitrogens with zero attached hydrogens (tertiary/aromatic N) is 2. The van der Waals surface area contributed by atoms with Gasteiger partial charge in [-0.1, -0.05) is 11.3 Å². The number of amides is 1. The van der Waals surface area contributed by atoms with Gasteiger partial charge < -0.3 is 15.1 Å². The summed E-state index contributed by atoms with van der Waals surface area (Å²) in [6.45, 7) is 1.87. The third-order valence-electron chi connectivity index (χ3n) is 3.68. The molecule has 1 amide bonds. The van der Waals surface area contributed by atoms with Crippen LogP contribution in [0.4, 0.5) is 5.13 Å². The highest BCUT2D eigenvalue weighted by Gasteiger charge is 2.24. The van der Waals surface area contributed by atoms with Crippen LogP contribution in [0.15, 0.2) is 21.0 Å². The number of hydrogen-bond acceptors (Lipinski definition) is 7. The third-order valence-corrected chi connectivity index (χ3v) is 5.77. The lowest BCUT2D eigenvalue weighted by Crippen LogP contribution is -2.26. The average Bonchev–Trinajstić information content (AvgIpc) is 3.15. The summed E-state index contributed by atoms with van der Waals surface area (Å²) in [4.78, 5) is 20.6. The number of aromatic nitrogens is 2. The van der Waals surface area contributed by atoms with E-state index in [-0.39, 0.29) is 11.8 Å². The number of carbonyl (C=O) groups is 1. The van der Waals surface area contributed by atoms with E-state index in [0.717, 1.165) is 41.4 Å². The first-order chi connectivity index (χ1) is 11.1. The second-order valence-electron chi connectivity index (χ2n) is 5.50. The lowest BCUT2D eigenvalue weighted by molar-refractivity contribution is -0.120. The highest BCUT2D eigenvalue weighted by Crippen LogP contribution is 2.31. The molecule has 122 valence electrons. The summed E-state index contributed by atoms with van der Waals surface area (Å²) in [6.07, 6.45) is 6.46. The Kier molecular flexibility index (Phi) is 5.12. The van der Waals surface area contributed by atoms with Crippen molar-refractivity contribution in [3.63, 3.8) is 0 Å². The lowest BCUT2D eigenvalue weighted by atomic mass is 9.87. The maximum atomic E-state index is 12.2. The van der Waals surface area contributed by atoms with Crippen molar-refractivity contribution in [3.8, 4) is 0 Å². The third kappa shape index (κ3) is 4.42. The van der Waals surface area contributed by atoms with Crippen molar-refractivity contribution in [2.75, 3.05) is 5.32 Å². The number of thiazole rings is 1. The molecule has 3 rings (SSSR count). The van der Waals surface area contributed by atoms with Crippen LogP contribution in [0.2, 0.25) is 0 Å². The minimum absolute atomic E-state index is 0.000558. The molecule has 2 aromatic rings. The molecule has 0 atom stereocenters. The van der Waals surface area contributed by atoms with Gasteiger partial charge in [-0.2, -0.15) is 0 Å². The number of nitrogens with one attached hydrogen (secondary N) is 2. The van der Waals surface area contributed by atoms with Gasteiger partial charge in [0, 0.05) is 11.6 Å². The van der Waals surface area contributed by atoms with Gasteiger partial charge in [0.05, 0.1) is 22.4 Å². The molecule has 1 saturated carbocycles. The van der Waals surface area contributed by atoms with Gasteiger partial charge in [-0.15, -0.1) is 11.8 Å². The zero-order valence-corrected chi connectivity index (χ0v) is 14.4. The van der Waals surface area contributed by atoms with Crippen LogP contribution in [-0.4, -0.2) is 21.6 Å². The van der Waals surface area contributed by atoms with Gasteiger partial charge in [0.15, 0.2) is 5.13 Å². The number of anilines is 1. The summed E-state index contributed by atoms with van der Waals surface area (Å²) in [5.41, 5.74) is 0.753. The monoisotopic (exact) mass is 350 g/mol. The quantitative estimate of drug-likeness (QED) is 0.798. The fourth-order valence-corrected chi connectivity index (χ4v) is 4.15. The molecule has 2 N–H and O–H groups in total. The lowest BCUT2D eigenvalue weighted by Gasteiger charge is -2.20. The van der Waals surface area contributed by atoms with Crippen LogP contribution in [0.25, 0.3) is 0 Å². The predicted molar refractivity (Wildman–Crippen MR) is 91.2 cm³/mol. The molecule has 1 aliphatic rings. The van der Waals surface area contributed by atoms with Gasteiger partial charge in [-0.3, -0.25) is 4.79 Å². The number of carbonyl (C=O) groups excluding carboxylic acids is 1. The Hall–Kier alpha value is -1.67. The Morgan fingerprint density at radius 2 is 2.22 bits per heavy atom. The van der Waals surface area contributed by atoms with Crippen molar-refractivity contribution < 1.29 is 9.21 Å². The normalized spacial score (nSPS) is 18.1. The molecule has 0 radical (unpaired) electrons. The van der Waals surface area contributed by atoms with Gasteiger partial charge in [0.2, 0.25) is 11.8 Å². The second kappa shape index (κ2) is 7.27. The van der Waals surface area contributed by atoms with E-state index in [1.807, 2.05) is 6.92 Å². The number of hydrogen-bond donors (Lipinski definition) is 2. The van der Waals surface area contributed by atoms with Gasteiger partial charge in [0.1, 0.15) is 5.76 Å². The van der Waals surface area contributed by atoms with Crippen LogP contribution >= 0.6 is 23.1 Å². The van der Waals surface area contributed by atoms with E-state index < -0.39 is 0 Å². The van der Waals surface area contributed by atoms with E-state index in [1.54, 1.807) is 24.2 Å². The summed E-state index contributed by atoms with van der Waals surface area (Å²) in [7, 11) is 0. The van der Waals surface area contributed by atoms with Gasteiger partial charge in [0.25, 0.3) is 0 Å². The summed E-state index contributed by atoms with van der Waals surface area (Å²) < 4.78 is 6.45. The molecule has 2 aromatic heterocycles. The van der Waals surface area contributed by atoms with Crippen molar-refractivity contribution >= 4 is 39.8 Å². The van der Waals surface area contributed by atoms with E-state index in [2.05, 4.69) is 15.3 Å². The Balaban J connectivity index is 1.50. The molecule has 23 heavy (non-hydrogen) atoms. The van der Waals surface area contributed by atoms with E-state index >= 15 is 0 Å². The predicted octanol–water partition coefficient (Wildman–Crippen LogP) is 3.88. The first-order valence-corrected chi connectivity index (χ1v) is 9.27. The number of rotatable bonds is 5. The Morgan fingerprint density at radius 1 is 1.43 bits per heavy atom. The molecule has 0 saturated heterocycles. The maximum Gasteiger partial charge on any atom is 0.229 e. The smallest absolute Gasteiger partial charge is 0.229 e. The van der Waals surface area contributed by atoms with Crippen LogP contribution < -0.4 is 5.32 Å². The topological polar surface area (TPSA) is 91.9 Å². The molecule has 6 nitrogen and oxygen atoms in total. The Labute approximate surface area is 142 Å². The molecule has 0 aromatic carbocycles. The average molecular weight is 350 g/mol. The molecule has 0 spiro atoms. The summed E-state index contributed by atoms with van der Waals surface area (Å²) in [6, 6.07) is 0. The zero-order chi connectivity index (χ0) is 16.2. The second-order valence-corrected chi connectivity index (χ2v) is 7.81. The van der Waals surface area contributed by atoms with Crippen molar-refractivity contribution in [3.05, 3.63) is 24.0 Å². The van der Waals surface area contributed by atoms with Crippen LogP contribution in [0.5, 0.6) is 0 Å². The van der Waals surface area contributed by atoms with Gasteiger partial charge in [-0.05, 0) is 32.6 Å². The van der Waals surface area contributed by atoms with E-state index in [4.69, 9.17) is 9.83 Å². The summed E-state index contributed by atoms with van der Waals surface area (Å²) >= 11 is 3.05. The summed E-state index contributed by atoms with van der Waals surface area (Å²) in [5, 5.41) is 11.1. The minimum Gasteiger partial charge on any atom is -0.445 e. The fourth-order valence-electron chi connectivity index (χ4n) is 2.42. The molecule has 1 aliphatic carbocycles. The van der Waals surface area contributed by atoms with Crippen molar-refractivity contribution in [1.82, 2.24) is 9.97 Å². The van der Waals surface area contributed by atoms with Crippen molar-refractivity contribution in [2.45, 2.75) is 42.6 Å². The SMILES string of the molecule is Cc1cnc(CSc2cnc(NC(=O)C3CCC(=N)CC3)s2)o1. The highest BCUT2D eigenvalue weighted by atomic mass is 32.2. The maximum absolute atomic E-state index is 12.2. The summed E-state index contributed by atoms with van der Waals surface area (Å²) in [5.74, 6) is 2.16. The molecular weight excluding hydrogens is 332 g/mol. The van der Waals surface area contributed by atoms with Crippen molar-refractivity contribution in [2.24, 2.45) is 5.92 Å². The Morgan fingerprint density at radius 3 is 2.91 bits per heavy atom. The fraction of sp³-hybridized carbons (Fsp3) is 0.467. The molecule has 2 heterocycles. The Bertz CT molecular complexity index is 700. The van der Waals surface area contributed by atoms with Crippen LogP contribution in [-0.2, 0) is 10.5 Å². The molecule has 1 fully saturated rings. The molecule has 0 bridgehead atoms.